The van der Waals surface area contributed by atoms with Crippen molar-refractivity contribution in [2.45, 2.75) is 0 Å². The molecule has 10 aromatic rings. The Morgan fingerprint density at radius 3 is 1.59 bits per heavy atom. The molecule has 0 aliphatic heterocycles. The maximum atomic E-state index is 2.46. The molecule has 9 aromatic carbocycles. The highest BCUT2D eigenvalue weighted by Gasteiger charge is 2.23. The predicted molar refractivity (Wildman–Crippen MR) is 229 cm³/mol. The molecule has 0 atom stereocenters. The molecule has 0 spiro atoms. The maximum absolute atomic E-state index is 2.46. The monoisotopic (exact) mass is 688 g/mol. The molecule has 2 nitrogen and oxygen atoms in total. The van der Waals surface area contributed by atoms with E-state index in [1.807, 2.05) is 0 Å². The number of fused-ring (bicyclic) bond motifs is 4. The molecule has 1 heterocycles. The molecule has 54 heavy (non-hydrogen) atoms. The summed E-state index contributed by atoms with van der Waals surface area (Å²) in [7, 11) is 0. The summed E-state index contributed by atoms with van der Waals surface area (Å²) in [6.45, 7) is 0. The van der Waals surface area contributed by atoms with Crippen molar-refractivity contribution < 1.29 is 0 Å². The first-order valence-corrected chi connectivity index (χ1v) is 18.5. The number of aromatic nitrogens is 1. The molecule has 0 saturated carbocycles. The van der Waals surface area contributed by atoms with Gasteiger partial charge in [-0.25, -0.2) is 0 Å². The van der Waals surface area contributed by atoms with Crippen LogP contribution in [-0.4, -0.2) is 4.57 Å². The summed E-state index contributed by atoms with van der Waals surface area (Å²) in [5, 5.41) is 4.85. The molecule has 0 radical (unpaired) electrons. The lowest BCUT2D eigenvalue weighted by atomic mass is 9.96. The molecule has 0 unspecified atom stereocenters. The highest BCUT2D eigenvalue weighted by Crippen LogP contribution is 2.47. The molecule has 0 amide bonds. The Labute approximate surface area is 315 Å². The van der Waals surface area contributed by atoms with Crippen molar-refractivity contribution in [1.29, 1.82) is 0 Å². The van der Waals surface area contributed by atoms with E-state index in [-0.39, 0.29) is 0 Å². The van der Waals surface area contributed by atoms with E-state index in [0.29, 0.717) is 0 Å². The van der Waals surface area contributed by atoms with Crippen molar-refractivity contribution in [2.75, 3.05) is 4.90 Å². The van der Waals surface area contributed by atoms with Crippen molar-refractivity contribution >= 4 is 49.6 Å². The summed E-state index contributed by atoms with van der Waals surface area (Å²) in [4.78, 5) is 2.46. The van der Waals surface area contributed by atoms with Gasteiger partial charge in [0.2, 0.25) is 0 Å². The smallest absolute Gasteiger partial charge is 0.0618 e. The van der Waals surface area contributed by atoms with Crippen LogP contribution in [0.1, 0.15) is 0 Å². The molecule has 254 valence electrons. The minimum atomic E-state index is 1.09. The minimum Gasteiger partial charge on any atom is -0.309 e. The van der Waals surface area contributed by atoms with Crippen LogP contribution in [0.2, 0.25) is 0 Å². The summed E-state index contributed by atoms with van der Waals surface area (Å²) in [5.74, 6) is 0. The average molecular weight is 689 g/mol. The van der Waals surface area contributed by atoms with Gasteiger partial charge in [0.15, 0.2) is 0 Å². The third-order valence-corrected chi connectivity index (χ3v) is 10.6. The van der Waals surface area contributed by atoms with E-state index in [9.17, 15) is 0 Å². The Hall–Kier alpha value is -7.16. The van der Waals surface area contributed by atoms with E-state index in [2.05, 4.69) is 228 Å². The highest BCUT2D eigenvalue weighted by atomic mass is 15.1. The van der Waals surface area contributed by atoms with Crippen molar-refractivity contribution in [3.05, 3.63) is 218 Å². The molecule has 0 bridgehead atoms. The summed E-state index contributed by atoms with van der Waals surface area (Å²) in [5.41, 5.74) is 14.0. The second kappa shape index (κ2) is 13.4. The first-order valence-electron chi connectivity index (χ1n) is 18.5. The molecule has 2 heteroatoms. The van der Waals surface area contributed by atoms with Gasteiger partial charge in [-0.2, -0.15) is 0 Å². The Morgan fingerprint density at radius 2 is 0.852 bits per heavy atom. The van der Waals surface area contributed by atoms with Gasteiger partial charge in [-0.1, -0.05) is 182 Å². The van der Waals surface area contributed by atoms with Gasteiger partial charge < -0.3 is 9.47 Å². The Morgan fingerprint density at radius 1 is 0.315 bits per heavy atom. The SMILES string of the molecule is c1ccc(-c2ccc(N(c3ccc4c5ccccc5n(-c5ccccc5-c5ccccc5)c4c3)c3c(-c4ccccc4)ccc4ccccc34)cc2)cc1. The maximum Gasteiger partial charge on any atom is 0.0618 e. The van der Waals surface area contributed by atoms with E-state index in [1.165, 1.54) is 60.4 Å². The Bertz CT molecular complexity index is 2910. The Kier molecular flexibility index (Phi) is 7.85. The van der Waals surface area contributed by atoms with Gasteiger partial charge in [-0.3, -0.25) is 0 Å². The first kappa shape index (κ1) is 31.6. The number of para-hydroxylation sites is 2. The molecular weight excluding hydrogens is 653 g/mol. The van der Waals surface area contributed by atoms with Gasteiger partial charge in [0.1, 0.15) is 0 Å². The number of rotatable bonds is 7. The molecule has 10 rings (SSSR count). The standard InChI is InChI=1S/C52H36N2/c1-4-16-37(17-5-1)38-28-31-42(32-29-38)53(52-45-24-11-10-22-41(45)30-34-46(52)40-20-8-3-9-21-40)43-33-35-48-47-25-13-15-27-50(47)54(51(48)36-43)49-26-14-12-23-44(49)39-18-6-2-7-19-39/h1-36H. The van der Waals surface area contributed by atoms with Crippen molar-refractivity contribution in [2.24, 2.45) is 0 Å². The zero-order chi connectivity index (χ0) is 35.8. The van der Waals surface area contributed by atoms with Crippen molar-refractivity contribution in [3.8, 4) is 39.1 Å². The van der Waals surface area contributed by atoms with E-state index < -0.39 is 0 Å². The predicted octanol–water partition coefficient (Wildman–Crippen LogP) is 14.4. The number of nitrogens with zero attached hydrogens (tertiary/aromatic N) is 2. The number of benzene rings is 9. The fourth-order valence-electron chi connectivity index (χ4n) is 8.08. The summed E-state index contributed by atoms with van der Waals surface area (Å²) in [6, 6.07) is 78.9. The van der Waals surface area contributed by atoms with Gasteiger partial charge in [0.25, 0.3) is 0 Å². The molecule has 0 aliphatic carbocycles. The van der Waals surface area contributed by atoms with Crippen molar-refractivity contribution in [3.63, 3.8) is 0 Å². The lowest BCUT2D eigenvalue weighted by Gasteiger charge is -2.30. The molecule has 0 aliphatic rings. The Balaban J connectivity index is 1.27. The van der Waals surface area contributed by atoms with Gasteiger partial charge in [-0.15, -0.1) is 0 Å². The van der Waals surface area contributed by atoms with Crippen LogP contribution in [0, 0.1) is 0 Å². The topological polar surface area (TPSA) is 8.17 Å². The largest absolute Gasteiger partial charge is 0.309 e. The summed E-state index contributed by atoms with van der Waals surface area (Å²) < 4.78 is 2.45. The summed E-state index contributed by atoms with van der Waals surface area (Å²) >= 11 is 0. The van der Waals surface area contributed by atoms with Crippen LogP contribution in [0.3, 0.4) is 0 Å². The zero-order valence-corrected chi connectivity index (χ0v) is 29.7. The van der Waals surface area contributed by atoms with Crippen LogP contribution in [0.5, 0.6) is 0 Å². The molecular formula is C52H36N2. The van der Waals surface area contributed by atoms with E-state index >= 15 is 0 Å². The van der Waals surface area contributed by atoms with Gasteiger partial charge in [0.05, 0.1) is 22.4 Å². The lowest BCUT2D eigenvalue weighted by molar-refractivity contribution is 1.18. The third-order valence-electron chi connectivity index (χ3n) is 10.6. The summed E-state index contributed by atoms with van der Waals surface area (Å²) in [6.07, 6.45) is 0. The fraction of sp³-hybridized carbons (Fsp3) is 0. The van der Waals surface area contributed by atoms with Crippen LogP contribution in [0.25, 0.3) is 71.6 Å². The second-order valence-corrected chi connectivity index (χ2v) is 13.7. The molecule has 0 saturated heterocycles. The minimum absolute atomic E-state index is 1.09. The zero-order valence-electron chi connectivity index (χ0n) is 29.7. The molecule has 0 fully saturated rings. The van der Waals surface area contributed by atoms with Crippen LogP contribution >= 0.6 is 0 Å². The van der Waals surface area contributed by atoms with Crippen molar-refractivity contribution in [1.82, 2.24) is 4.57 Å². The van der Waals surface area contributed by atoms with Crippen LogP contribution in [0.4, 0.5) is 17.1 Å². The fourth-order valence-corrected chi connectivity index (χ4v) is 8.08. The lowest BCUT2D eigenvalue weighted by Crippen LogP contribution is -2.12. The normalized spacial score (nSPS) is 11.3. The second-order valence-electron chi connectivity index (χ2n) is 13.7. The number of hydrogen-bond donors (Lipinski definition) is 0. The van der Waals surface area contributed by atoms with Crippen LogP contribution < -0.4 is 4.90 Å². The third kappa shape index (κ3) is 5.44. The van der Waals surface area contributed by atoms with Gasteiger partial charge >= 0.3 is 0 Å². The van der Waals surface area contributed by atoms with Gasteiger partial charge in [-0.05, 0) is 64.0 Å². The van der Waals surface area contributed by atoms with Crippen LogP contribution in [0.15, 0.2) is 218 Å². The van der Waals surface area contributed by atoms with E-state index in [1.54, 1.807) is 0 Å². The first-order chi connectivity index (χ1) is 26.8. The quantitative estimate of drug-likeness (QED) is 0.162. The van der Waals surface area contributed by atoms with E-state index in [0.717, 1.165) is 28.3 Å². The van der Waals surface area contributed by atoms with Crippen LogP contribution in [-0.2, 0) is 0 Å². The van der Waals surface area contributed by atoms with Gasteiger partial charge in [0, 0.05) is 38.7 Å². The number of anilines is 3. The average Bonchev–Trinajstić information content (AvgIpc) is 3.58. The highest BCUT2D eigenvalue weighted by molar-refractivity contribution is 6.12. The molecule has 0 N–H and O–H groups in total. The van der Waals surface area contributed by atoms with E-state index in [4.69, 9.17) is 0 Å². The number of hydrogen-bond acceptors (Lipinski definition) is 1. The molecule has 1 aromatic heterocycles.